The molecule has 0 fully saturated rings. The fourth-order valence-corrected chi connectivity index (χ4v) is 3.24. The van der Waals surface area contributed by atoms with Gasteiger partial charge >= 0.3 is 5.97 Å². The lowest BCUT2D eigenvalue weighted by Gasteiger charge is -2.05. The number of hydrogen-bond acceptors (Lipinski definition) is 3. The summed E-state index contributed by atoms with van der Waals surface area (Å²) in [5.41, 5.74) is 1.62. The van der Waals surface area contributed by atoms with Gasteiger partial charge in [0.25, 0.3) is 0 Å². The molecule has 1 aromatic rings. The summed E-state index contributed by atoms with van der Waals surface area (Å²) >= 11 is 0. The standard InChI is InChI=1S/C25H41NO2/c1-3-5-6-7-8-9-10-11-12-13-14-15-16-17-22-26-24-20-18-23(19-21-24)25(27)28-4-2/h16-21,26H,3-15,22H2,1-2H3/b17-16+. The molecule has 0 bridgehead atoms. The minimum absolute atomic E-state index is 0.263. The van der Waals surface area contributed by atoms with E-state index in [1.54, 1.807) is 12.1 Å². The molecule has 3 heteroatoms. The minimum atomic E-state index is -0.263. The summed E-state index contributed by atoms with van der Waals surface area (Å²) in [6.45, 7) is 5.31. The topological polar surface area (TPSA) is 38.3 Å². The maximum Gasteiger partial charge on any atom is 0.338 e. The van der Waals surface area contributed by atoms with Gasteiger partial charge in [-0.15, -0.1) is 0 Å². The minimum Gasteiger partial charge on any atom is -0.462 e. The lowest BCUT2D eigenvalue weighted by Crippen LogP contribution is -2.05. The highest BCUT2D eigenvalue weighted by Gasteiger charge is 2.04. The van der Waals surface area contributed by atoms with Crippen LogP contribution in [-0.4, -0.2) is 19.1 Å². The van der Waals surface area contributed by atoms with Crippen molar-refractivity contribution in [2.24, 2.45) is 0 Å². The number of carbonyl (C=O) groups is 1. The molecule has 1 aromatic carbocycles. The van der Waals surface area contributed by atoms with E-state index in [2.05, 4.69) is 24.4 Å². The Labute approximate surface area is 173 Å². The molecular formula is C25H41NO2. The summed E-state index contributed by atoms with van der Waals surface area (Å²) in [6.07, 6.45) is 20.9. The zero-order valence-electron chi connectivity index (χ0n) is 18.2. The number of nitrogens with one attached hydrogen (secondary N) is 1. The summed E-state index contributed by atoms with van der Waals surface area (Å²) in [5, 5.41) is 3.35. The second-order valence-corrected chi connectivity index (χ2v) is 7.47. The van der Waals surface area contributed by atoms with E-state index in [1.807, 2.05) is 19.1 Å². The van der Waals surface area contributed by atoms with Crippen LogP contribution in [0.15, 0.2) is 36.4 Å². The summed E-state index contributed by atoms with van der Waals surface area (Å²) < 4.78 is 4.99. The van der Waals surface area contributed by atoms with Crippen molar-refractivity contribution in [3.8, 4) is 0 Å². The normalized spacial score (nSPS) is 11.1. The number of esters is 1. The molecule has 0 spiro atoms. The largest absolute Gasteiger partial charge is 0.462 e. The van der Waals surface area contributed by atoms with Gasteiger partial charge in [-0.1, -0.05) is 83.3 Å². The monoisotopic (exact) mass is 387 g/mol. The second-order valence-electron chi connectivity index (χ2n) is 7.47. The van der Waals surface area contributed by atoms with E-state index in [9.17, 15) is 4.79 Å². The predicted molar refractivity (Wildman–Crippen MR) is 121 cm³/mol. The molecule has 3 nitrogen and oxygen atoms in total. The number of ether oxygens (including phenoxy) is 1. The van der Waals surface area contributed by atoms with Crippen LogP contribution in [0.5, 0.6) is 0 Å². The number of benzene rings is 1. The quantitative estimate of drug-likeness (QED) is 0.170. The van der Waals surface area contributed by atoms with Gasteiger partial charge in [-0.2, -0.15) is 0 Å². The van der Waals surface area contributed by atoms with Gasteiger partial charge in [0.05, 0.1) is 12.2 Å². The Hall–Kier alpha value is -1.77. The van der Waals surface area contributed by atoms with E-state index in [1.165, 1.54) is 77.0 Å². The Balaban J connectivity index is 1.95. The molecule has 0 heterocycles. The molecule has 0 aliphatic rings. The number of anilines is 1. The molecule has 0 atom stereocenters. The van der Waals surface area contributed by atoms with E-state index in [-0.39, 0.29) is 5.97 Å². The van der Waals surface area contributed by atoms with Gasteiger partial charge in [0.1, 0.15) is 0 Å². The molecule has 0 radical (unpaired) electrons. The van der Waals surface area contributed by atoms with E-state index >= 15 is 0 Å². The molecule has 0 aliphatic heterocycles. The van der Waals surface area contributed by atoms with Crippen molar-refractivity contribution in [1.29, 1.82) is 0 Å². The molecule has 1 rings (SSSR count). The van der Waals surface area contributed by atoms with Crippen LogP contribution in [0.1, 0.15) is 101 Å². The van der Waals surface area contributed by atoms with Gasteiger partial charge in [-0.05, 0) is 44.0 Å². The van der Waals surface area contributed by atoms with Crippen LogP contribution >= 0.6 is 0 Å². The highest BCUT2D eigenvalue weighted by molar-refractivity contribution is 5.89. The van der Waals surface area contributed by atoms with Crippen LogP contribution in [0, 0.1) is 0 Å². The van der Waals surface area contributed by atoms with Crippen LogP contribution in [0.25, 0.3) is 0 Å². The molecular weight excluding hydrogens is 346 g/mol. The van der Waals surface area contributed by atoms with Crippen molar-refractivity contribution in [3.05, 3.63) is 42.0 Å². The van der Waals surface area contributed by atoms with Crippen molar-refractivity contribution in [1.82, 2.24) is 0 Å². The first kappa shape index (κ1) is 24.3. The Bertz CT molecular complexity index is 522. The van der Waals surface area contributed by atoms with Crippen molar-refractivity contribution in [2.45, 2.75) is 90.9 Å². The van der Waals surface area contributed by atoms with Crippen molar-refractivity contribution in [2.75, 3.05) is 18.5 Å². The molecule has 0 unspecified atom stereocenters. The first-order valence-electron chi connectivity index (χ1n) is 11.4. The Morgan fingerprint density at radius 1 is 0.821 bits per heavy atom. The van der Waals surface area contributed by atoms with E-state index in [4.69, 9.17) is 4.74 Å². The van der Waals surface area contributed by atoms with Gasteiger partial charge in [-0.3, -0.25) is 0 Å². The number of rotatable bonds is 17. The number of unbranched alkanes of at least 4 members (excludes halogenated alkanes) is 11. The summed E-state index contributed by atoms with van der Waals surface area (Å²) in [4.78, 5) is 11.6. The first-order valence-corrected chi connectivity index (χ1v) is 11.4. The Morgan fingerprint density at radius 3 is 1.96 bits per heavy atom. The highest BCUT2D eigenvalue weighted by Crippen LogP contribution is 2.12. The third-order valence-electron chi connectivity index (χ3n) is 4.96. The molecule has 158 valence electrons. The number of carbonyl (C=O) groups excluding carboxylic acids is 1. The summed E-state index contributed by atoms with van der Waals surface area (Å²) in [5.74, 6) is -0.263. The fraction of sp³-hybridized carbons (Fsp3) is 0.640. The average Bonchev–Trinajstić information content (AvgIpc) is 2.71. The van der Waals surface area contributed by atoms with Gasteiger partial charge < -0.3 is 10.1 Å². The van der Waals surface area contributed by atoms with Crippen LogP contribution in [-0.2, 0) is 4.74 Å². The van der Waals surface area contributed by atoms with Crippen LogP contribution in [0.2, 0.25) is 0 Å². The van der Waals surface area contributed by atoms with E-state index in [0.717, 1.165) is 12.2 Å². The van der Waals surface area contributed by atoms with Crippen molar-refractivity contribution in [3.63, 3.8) is 0 Å². The Morgan fingerprint density at radius 2 is 1.39 bits per heavy atom. The average molecular weight is 388 g/mol. The summed E-state index contributed by atoms with van der Waals surface area (Å²) in [7, 11) is 0. The van der Waals surface area contributed by atoms with Crippen LogP contribution in [0.4, 0.5) is 5.69 Å². The second kappa shape index (κ2) is 17.3. The van der Waals surface area contributed by atoms with Gasteiger partial charge in [-0.25, -0.2) is 4.79 Å². The molecule has 0 aromatic heterocycles. The van der Waals surface area contributed by atoms with Gasteiger partial charge in [0.15, 0.2) is 0 Å². The molecule has 0 saturated carbocycles. The summed E-state index contributed by atoms with van der Waals surface area (Å²) in [6, 6.07) is 7.44. The fourth-order valence-electron chi connectivity index (χ4n) is 3.24. The third kappa shape index (κ3) is 12.6. The number of hydrogen-bond donors (Lipinski definition) is 1. The van der Waals surface area contributed by atoms with Gasteiger partial charge in [0, 0.05) is 12.2 Å². The van der Waals surface area contributed by atoms with E-state index in [0.29, 0.717) is 12.2 Å². The lowest BCUT2D eigenvalue weighted by atomic mass is 10.1. The highest BCUT2D eigenvalue weighted by atomic mass is 16.5. The van der Waals surface area contributed by atoms with Crippen LogP contribution < -0.4 is 5.32 Å². The zero-order valence-corrected chi connectivity index (χ0v) is 18.2. The smallest absolute Gasteiger partial charge is 0.338 e. The van der Waals surface area contributed by atoms with E-state index < -0.39 is 0 Å². The maximum absolute atomic E-state index is 11.6. The molecule has 0 saturated heterocycles. The van der Waals surface area contributed by atoms with Crippen molar-refractivity contribution < 1.29 is 9.53 Å². The SMILES string of the molecule is CCCCCCCCCCCCC/C=C/CNc1ccc(C(=O)OCC)cc1. The maximum atomic E-state index is 11.6. The molecule has 0 aliphatic carbocycles. The van der Waals surface area contributed by atoms with Crippen LogP contribution in [0.3, 0.4) is 0 Å². The predicted octanol–water partition coefficient (Wildman–Crippen LogP) is 7.53. The third-order valence-corrected chi connectivity index (χ3v) is 4.96. The Kier molecular flexibility index (Phi) is 15.0. The molecule has 0 amide bonds. The molecule has 1 N–H and O–H groups in total. The first-order chi connectivity index (χ1) is 13.8. The van der Waals surface area contributed by atoms with Crippen molar-refractivity contribution >= 4 is 11.7 Å². The molecule has 28 heavy (non-hydrogen) atoms. The number of allylic oxidation sites excluding steroid dienone is 1. The zero-order chi connectivity index (χ0) is 20.3. The van der Waals surface area contributed by atoms with Gasteiger partial charge in [0.2, 0.25) is 0 Å². The lowest BCUT2D eigenvalue weighted by molar-refractivity contribution is 0.0526.